The number of nitrogens with one attached hydrogen (secondary N) is 1. The number of benzene rings is 1. The van der Waals surface area contributed by atoms with Crippen molar-refractivity contribution in [1.82, 2.24) is 4.90 Å². The first kappa shape index (κ1) is 16.2. The van der Waals surface area contributed by atoms with Crippen molar-refractivity contribution in [1.29, 1.82) is 0 Å². The van der Waals surface area contributed by atoms with Gasteiger partial charge in [-0.2, -0.15) is 0 Å². The second-order valence-electron chi connectivity index (χ2n) is 5.13. The van der Waals surface area contributed by atoms with Crippen molar-refractivity contribution >= 4 is 28.8 Å². The number of amides is 2. The molecule has 0 saturated carbocycles. The molecule has 2 amide bonds. The molecule has 0 bridgehead atoms. The van der Waals surface area contributed by atoms with Crippen LogP contribution in [-0.4, -0.2) is 30.3 Å². The fourth-order valence-electron chi connectivity index (χ4n) is 2.17. The van der Waals surface area contributed by atoms with E-state index in [2.05, 4.69) is 5.32 Å². The molecule has 0 radical (unpaired) electrons. The van der Waals surface area contributed by atoms with Crippen molar-refractivity contribution in [2.75, 3.05) is 18.9 Å². The summed E-state index contributed by atoms with van der Waals surface area (Å²) in [6.07, 6.45) is 0.847. The summed E-state index contributed by atoms with van der Waals surface area (Å²) < 4.78 is 0. The summed E-state index contributed by atoms with van der Waals surface area (Å²) in [4.78, 5) is 27.5. The smallest absolute Gasteiger partial charge is 0.264 e. The number of nitrogens with zero attached hydrogens (tertiary/aromatic N) is 1. The van der Waals surface area contributed by atoms with Crippen LogP contribution in [0.2, 0.25) is 0 Å². The molecule has 5 heteroatoms. The van der Waals surface area contributed by atoms with Crippen molar-refractivity contribution in [2.24, 2.45) is 0 Å². The maximum absolute atomic E-state index is 12.2. The topological polar surface area (TPSA) is 49.4 Å². The van der Waals surface area contributed by atoms with Gasteiger partial charge >= 0.3 is 0 Å². The molecule has 1 aromatic heterocycles. The van der Waals surface area contributed by atoms with E-state index in [1.54, 1.807) is 13.1 Å². The number of likely N-dealkylation sites (N-methyl/N-ethyl adjacent to an activating group) is 1. The summed E-state index contributed by atoms with van der Waals surface area (Å²) in [6.45, 7) is 4.03. The lowest BCUT2D eigenvalue weighted by Crippen LogP contribution is -2.34. The monoisotopic (exact) mass is 316 g/mol. The molecule has 1 N–H and O–H groups in total. The Kier molecular flexibility index (Phi) is 5.33. The highest BCUT2D eigenvalue weighted by Crippen LogP contribution is 2.17. The molecule has 116 valence electrons. The lowest BCUT2D eigenvalue weighted by Gasteiger charge is -2.16. The minimum atomic E-state index is -0.190. The highest BCUT2D eigenvalue weighted by molar-refractivity contribution is 7.13. The van der Waals surface area contributed by atoms with Crippen molar-refractivity contribution in [3.63, 3.8) is 0 Å². The van der Waals surface area contributed by atoms with Crippen LogP contribution >= 0.6 is 11.3 Å². The zero-order chi connectivity index (χ0) is 16.1. The summed E-state index contributed by atoms with van der Waals surface area (Å²) >= 11 is 1.44. The number of hydrogen-bond donors (Lipinski definition) is 1. The molecule has 0 aliphatic heterocycles. The largest absolute Gasteiger partial charge is 0.332 e. The zero-order valence-corrected chi connectivity index (χ0v) is 13.9. The van der Waals surface area contributed by atoms with Gasteiger partial charge in [0.15, 0.2) is 0 Å². The normalized spacial score (nSPS) is 10.3. The van der Waals surface area contributed by atoms with E-state index in [-0.39, 0.29) is 18.4 Å². The van der Waals surface area contributed by atoms with Gasteiger partial charge in [-0.15, -0.1) is 11.3 Å². The fraction of sp³-hybridized carbons (Fsp3) is 0.294. The summed E-state index contributed by atoms with van der Waals surface area (Å²) in [6, 6.07) is 11.4. The molecule has 0 fully saturated rings. The highest BCUT2D eigenvalue weighted by atomic mass is 32.1. The lowest BCUT2D eigenvalue weighted by atomic mass is 10.1. The van der Waals surface area contributed by atoms with Gasteiger partial charge in [0.05, 0.1) is 11.4 Å². The Bertz CT molecular complexity index is 679. The van der Waals surface area contributed by atoms with Gasteiger partial charge in [0, 0.05) is 17.6 Å². The van der Waals surface area contributed by atoms with Crippen molar-refractivity contribution < 1.29 is 9.59 Å². The standard InChI is InChI=1S/C17H20N2O2S/c1-4-13-7-5-6-8-14(13)18-16(20)11-19(3)17(21)15-10-9-12(2)22-15/h5-10H,4,11H2,1-3H3,(H,18,20). The van der Waals surface area contributed by atoms with E-state index in [1.807, 2.05) is 44.2 Å². The third-order valence-corrected chi connectivity index (χ3v) is 4.34. The first-order valence-corrected chi connectivity index (χ1v) is 8.02. The number of rotatable bonds is 5. The number of anilines is 1. The predicted molar refractivity (Wildman–Crippen MR) is 90.5 cm³/mol. The summed E-state index contributed by atoms with van der Waals surface area (Å²) in [7, 11) is 1.64. The van der Waals surface area contributed by atoms with Crippen LogP contribution in [0.1, 0.15) is 27.0 Å². The molecule has 0 unspecified atom stereocenters. The van der Waals surface area contributed by atoms with E-state index in [1.165, 1.54) is 16.2 Å². The second-order valence-corrected chi connectivity index (χ2v) is 6.42. The Morgan fingerprint density at radius 2 is 1.91 bits per heavy atom. The van der Waals surface area contributed by atoms with E-state index >= 15 is 0 Å². The number of para-hydroxylation sites is 1. The van der Waals surface area contributed by atoms with E-state index in [0.29, 0.717) is 4.88 Å². The van der Waals surface area contributed by atoms with Crippen molar-refractivity contribution in [2.45, 2.75) is 20.3 Å². The number of hydrogen-bond acceptors (Lipinski definition) is 3. The molecule has 0 aliphatic carbocycles. The second kappa shape index (κ2) is 7.22. The van der Waals surface area contributed by atoms with E-state index in [9.17, 15) is 9.59 Å². The van der Waals surface area contributed by atoms with Gasteiger partial charge in [-0.05, 0) is 37.1 Å². The molecule has 0 saturated heterocycles. The third kappa shape index (κ3) is 3.95. The first-order valence-electron chi connectivity index (χ1n) is 7.21. The average molecular weight is 316 g/mol. The molecule has 2 aromatic rings. The van der Waals surface area contributed by atoms with Gasteiger partial charge < -0.3 is 10.2 Å². The van der Waals surface area contributed by atoms with Crippen LogP contribution in [0.25, 0.3) is 0 Å². The number of carbonyl (C=O) groups is 2. The van der Waals surface area contributed by atoms with Gasteiger partial charge in [-0.3, -0.25) is 9.59 Å². The molecule has 22 heavy (non-hydrogen) atoms. The molecular formula is C17H20N2O2S. The van der Waals surface area contributed by atoms with Crippen LogP contribution in [0.5, 0.6) is 0 Å². The Hall–Kier alpha value is -2.14. The quantitative estimate of drug-likeness (QED) is 0.920. The Balaban J connectivity index is 1.98. The first-order chi connectivity index (χ1) is 10.5. The Morgan fingerprint density at radius 3 is 2.55 bits per heavy atom. The number of thiophene rings is 1. The summed E-state index contributed by atoms with van der Waals surface area (Å²) in [5.41, 5.74) is 1.89. The van der Waals surface area contributed by atoms with Crippen LogP contribution in [0, 0.1) is 6.92 Å². The molecule has 2 rings (SSSR count). The molecule has 0 spiro atoms. The Labute approximate surface area is 134 Å². The van der Waals surface area contributed by atoms with Gasteiger partial charge in [0.25, 0.3) is 5.91 Å². The van der Waals surface area contributed by atoms with Gasteiger partial charge in [-0.25, -0.2) is 0 Å². The molecule has 1 aromatic carbocycles. The van der Waals surface area contributed by atoms with Gasteiger partial charge in [0.1, 0.15) is 0 Å². The van der Waals surface area contributed by atoms with E-state index in [4.69, 9.17) is 0 Å². The molecule has 1 heterocycles. The van der Waals surface area contributed by atoms with Crippen molar-refractivity contribution in [3.8, 4) is 0 Å². The summed E-state index contributed by atoms with van der Waals surface area (Å²) in [5.74, 6) is -0.318. The minimum absolute atomic E-state index is 0.0355. The minimum Gasteiger partial charge on any atom is -0.332 e. The van der Waals surface area contributed by atoms with Crippen LogP contribution in [-0.2, 0) is 11.2 Å². The van der Waals surface area contributed by atoms with Crippen LogP contribution in [0.3, 0.4) is 0 Å². The maximum Gasteiger partial charge on any atom is 0.264 e. The Morgan fingerprint density at radius 1 is 1.18 bits per heavy atom. The summed E-state index contributed by atoms with van der Waals surface area (Å²) in [5, 5.41) is 2.87. The fourth-order valence-corrected chi connectivity index (χ4v) is 3.03. The molecule has 0 aliphatic rings. The predicted octanol–water partition coefficient (Wildman–Crippen LogP) is 3.33. The van der Waals surface area contributed by atoms with Gasteiger partial charge in [0.2, 0.25) is 5.91 Å². The van der Waals surface area contributed by atoms with Crippen molar-refractivity contribution in [3.05, 3.63) is 51.7 Å². The van der Waals surface area contributed by atoms with Crippen LogP contribution < -0.4 is 5.32 Å². The van der Waals surface area contributed by atoms with E-state index < -0.39 is 0 Å². The zero-order valence-electron chi connectivity index (χ0n) is 13.1. The number of aryl methyl sites for hydroxylation is 2. The van der Waals surface area contributed by atoms with Crippen LogP contribution in [0.15, 0.2) is 36.4 Å². The lowest BCUT2D eigenvalue weighted by molar-refractivity contribution is -0.116. The van der Waals surface area contributed by atoms with E-state index in [0.717, 1.165) is 22.5 Å². The maximum atomic E-state index is 12.2. The SMILES string of the molecule is CCc1ccccc1NC(=O)CN(C)C(=O)c1ccc(C)s1. The van der Waals surface area contributed by atoms with Crippen LogP contribution in [0.4, 0.5) is 5.69 Å². The molecular weight excluding hydrogens is 296 g/mol. The van der Waals surface area contributed by atoms with Gasteiger partial charge in [-0.1, -0.05) is 25.1 Å². The number of carbonyl (C=O) groups excluding carboxylic acids is 2. The average Bonchev–Trinajstić information content (AvgIpc) is 2.93. The molecule has 4 nitrogen and oxygen atoms in total. The third-order valence-electron chi connectivity index (χ3n) is 3.35. The highest BCUT2D eigenvalue weighted by Gasteiger charge is 2.16. The molecule has 0 atom stereocenters.